The highest BCUT2D eigenvalue weighted by molar-refractivity contribution is 5.89. The molecule has 1 atom stereocenters. The largest absolute Gasteiger partial charge is 0.373 e. The van der Waals surface area contributed by atoms with E-state index in [0.717, 1.165) is 38.9 Å². The molecule has 0 saturated carbocycles. The van der Waals surface area contributed by atoms with Crippen LogP contribution in [0.4, 0.5) is 14.9 Å². The van der Waals surface area contributed by atoms with Gasteiger partial charge in [0.05, 0.1) is 30.8 Å². The molecule has 0 radical (unpaired) electrons. The van der Waals surface area contributed by atoms with E-state index >= 15 is 0 Å². The second kappa shape index (κ2) is 7.87. The topological polar surface area (TPSA) is 60.9 Å². The van der Waals surface area contributed by atoms with E-state index < -0.39 is 5.82 Å². The van der Waals surface area contributed by atoms with E-state index in [1.54, 1.807) is 4.90 Å². The van der Waals surface area contributed by atoms with E-state index in [1.165, 1.54) is 12.3 Å². The Morgan fingerprint density at radius 2 is 2.12 bits per heavy atom. The third-order valence-electron chi connectivity index (χ3n) is 4.44. The lowest BCUT2D eigenvalue weighted by Gasteiger charge is -2.38. The van der Waals surface area contributed by atoms with E-state index in [1.807, 2.05) is 0 Å². The number of rotatable bonds is 3. The zero-order valence-corrected chi connectivity index (χ0v) is 13.9. The second-order valence-corrected chi connectivity index (χ2v) is 6.36. The maximum atomic E-state index is 13.2. The van der Waals surface area contributed by atoms with Crippen LogP contribution in [0.5, 0.6) is 0 Å². The van der Waals surface area contributed by atoms with Crippen LogP contribution < -0.4 is 5.32 Å². The molecule has 132 valence electrons. The van der Waals surface area contributed by atoms with E-state index in [0.29, 0.717) is 25.4 Å². The Balaban J connectivity index is 1.50. The van der Waals surface area contributed by atoms with Crippen LogP contribution in [0, 0.1) is 5.82 Å². The first-order chi connectivity index (χ1) is 11.6. The van der Waals surface area contributed by atoms with Crippen LogP contribution in [0.25, 0.3) is 0 Å². The number of piperazine rings is 1. The molecule has 2 saturated heterocycles. The van der Waals surface area contributed by atoms with Gasteiger partial charge in [0.15, 0.2) is 0 Å². The van der Waals surface area contributed by atoms with Crippen LogP contribution in [0.1, 0.15) is 0 Å². The minimum atomic E-state index is -0.470. The quantitative estimate of drug-likeness (QED) is 0.880. The fourth-order valence-corrected chi connectivity index (χ4v) is 3.02. The minimum absolute atomic E-state index is 0.0125. The maximum Gasteiger partial charge on any atom is 0.322 e. The molecule has 7 nitrogen and oxygen atoms in total. The molecule has 24 heavy (non-hydrogen) atoms. The number of hydrogen-bond acceptors (Lipinski definition) is 5. The number of nitrogens with zero attached hydrogens (tertiary/aromatic N) is 4. The SMILES string of the molecule is CN1CCN(CC2CN(C(=O)Nc3cncc(F)c3)CCO2)CC1. The van der Waals surface area contributed by atoms with Crippen molar-refractivity contribution in [3.8, 4) is 0 Å². The molecule has 0 aliphatic carbocycles. The number of halogens is 1. The predicted molar refractivity (Wildman–Crippen MR) is 88.5 cm³/mol. The Bertz CT molecular complexity index is 565. The van der Waals surface area contributed by atoms with Crippen molar-refractivity contribution in [2.45, 2.75) is 6.10 Å². The molecule has 3 heterocycles. The predicted octanol–water partition coefficient (Wildman–Crippen LogP) is 0.701. The zero-order chi connectivity index (χ0) is 16.9. The summed E-state index contributed by atoms with van der Waals surface area (Å²) in [6, 6.07) is 1.02. The number of amides is 2. The van der Waals surface area contributed by atoms with Gasteiger partial charge in [-0.1, -0.05) is 0 Å². The number of aromatic nitrogens is 1. The van der Waals surface area contributed by atoms with E-state index in [4.69, 9.17) is 4.74 Å². The fourth-order valence-electron chi connectivity index (χ4n) is 3.02. The number of nitrogens with one attached hydrogen (secondary N) is 1. The van der Waals surface area contributed by atoms with Gasteiger partial charge in [0.25, 0.3) is 0 Å². The first-order valence-electron chi connectivity index (χ1n) is 8.29. The van der Waals surface area contributed by atoms with E-state index in [-0.39, 0.29) is 12.1 Å². The van der Waals surface area contributed by atoms with Crippen molar-refractivity contribution in [1.29, 1.82) is 0 Å². The maximum absolute atomic E-state index is 13.2. The molecule has 1 aromatic heterocycles. The highest BCUT2D eigenvalue weighted by Crippen LogP contribution is 2.12. The van der Waals surface area contributed by atoms with Crippen LogP contribution in [0.3, 0.4) is 0 Å². The molecule has 0 bridgehead atoms. The van der Waals surface area contributed by atoms with Crippen LogP contribution in [0.2, 0.25) is 0 Å². The third-order valence-corrected chi connectivity index (χ3v) is 4.44. The van der Waals surface area contributed by atoms with Crippen molar-refractivity contribution < 1.29 is 13.9 Å². The Hall–Kier alpha value is -1.77. The molecule has 2 amide bonds. The monoisotopic (exact) mass is 337 g/mol. The van der Waals surface area contributed by atoms with E-state index in [9.17, 15) is 9.18 Å². The van der Waals surface area contributed by atoms with Gasteiger partial charge in [-0.3, -0.25) is 9.88 Å². The molecule has 1 unspecified atom stereocenters. The molecule has 0 aromatic carbocycles. The van der Waals surface area contributed by atoms with Crippen molar-refractivity contribution in [3.05, 3.63) is 24.3 Å². The number of anilines is 1. The van der Waals surface area contributed by atoms with Gasteiger partial charge in [0, 0.05) is 51.9 Å². The standard InChI is InChI=1S/C16H24FN5O2/c1-20-2-4-21(5-3-20)11-15-12-22(6-7-24-15)16(23)19-14-8-13(17)9-18-10-14/h8-10,15H,2-7,11-12H2,1H3,(H,19,23). The summed E-state index contributed by atoms with van der Waals surface area (Å²) in [7, 11) is 2.13. The Labute approximate surface area is 141 Å². The highest BCUT2D eigenvalue weighted by Gasteiger charge is 2.27. The lowest BCUT2D eigenvalue weighted by Crippen LogP contribution is -2.53. The van der Waals surface area contributed by atoms with Crippen molar-refractivity contribution in [2.24, 2.45) is 0 Å². The summed E-state index contributed by atoms with van der Waals surface area (Å²) >= 11 is 0. The average molecular weight is 337 g/mol. The molecule has 2 fully saturated rings. The lowest BCUT2D eigenvalue weighted by atomic mass is 10.2. The summed E-state index contributed by atoms with van der Waals surface area (Å²) < 4.78 is 19.0. The number of carbonyl (C=O) groups is 1. The number of morpholine rings is 1. The average Bonchev–Trinajstić information content (AvgIpc) is 2.57. The molecule has 1 N–H and O–H groups in total. The zero-order valence-electron chi connectivity index (χ0n) is 13.9. The molecule has 2 aliphatic rings. The molecular weight excluding hydrogens is 313 g/mol. The summed E-state index contributed by atoms with van der Waals surface area (Å²) in [5.74, 6) is -0.470. The summed E-state index contributed by atoms with van der Waals surface area (Å²) in [5, 5.41) is 2.69. The van der Waals surface area contributed by atoms with Gasteiger partial charge >= 0.3 is 6.03 Å². The third kappa shape index (κ3) is 4.62. The second-order valence-electron chi connectivity index (χ2n) is 6.36. The molecule has 8 heteroatoms. The number of pyridine rings is 1. The molecule has 3 rings (SSSR count). The first kappa shape index (κ1) is 17.1. The molecular formula is C16H24FN5O2. The summed E-state index contributed by atoms with van der Waals surface area (Å²) in [5.41, 5.74) is 0.363. The van der Waals surface area contributed by atoms with Crippen LogP contribution in [0.15, 0.2) is 18.5 Å². The number of carbonyl (C=O) groups excluding carboxylic acids is 1. The molecule has 2 aliphatic heterocycles. The number of urea groups is 1. The summed E-state index contributed by atoms with van der Waals surface area (Å²) in [6.07, 6.45) is 2.55. The summed E-state index contributed by atoms with van der Waals surface area (Å²) in [6.45, 7) is 6.60. The van der Waals surface area contributed by atoms with Gasteiger partial charge in [-0.05, 0) is 7.05 Å². The van der Waals surface area contributed by atoms with Crippen molar-refractivity contribution in [3.63, 3.8) is 0 Å². The number of likely N-dealkylation sites (N-methyl/N-ethyl adjacent to an activating group) is 1. The van der Waals surface area contributed by atoms with Crippen LogP contribution in [-0.4, -0.2) is 91.3 Å². The van der Waals surface area contributed by atoms with Crippen molar-refractivity contribution in [1.82, 2.24) is 19.7 Å². The van der Waals surface area contributed by atoms with E-state index in [2.05, 4.69) is 27.1 Å². The number of ether oxygens (including phenoxy) is 1. The fraction of sp³-hybridized carbons (Fsp3) is 0.625. The Kier molecular flexibility index (Phi) is 5.60. The lowest BCUT2D eigenvalue weighted by molar-refractivity contribution is -0.0338. The van der Waals surface area contributed by atoms with Gasteiger partial charge < -0.3 is 19.9 Å². The minimum Gasteiger partial charge on any atom is -0.373 e. The Morgan fingerprint density at radius 3 is 2.88 bits per heavy atom. The van der Waals surface area contributed by atoms with Gasteiger partial charge in [-0.15, -0.1) is 0 Å². The molecule has 1 aromatic rings. The van der Waals surface area contributed by atoms with Gasteiger partial charge in [-0.2, -0.15) is 0 Å². The van der Waals surface area contributed by atoms with Gasteiger partial charge in [-0.25, -0.2) is 9.18 Å². The molecule has 0 spiro atoms. The summed E-state index contributed by atoms with van der Waals surface area (Å²) in [4.78, 5) is 22.5. The van der Waals surface area contributed by atoms with Gasteiger partial charge in [0.2, 0.25) is 0 Å². The Morgan fingerprint density at radius 1 is 1.33 bits per heavy atom. The van der Waals surface area contributed by atoms with Crippen LogP contribution in [-0.2, 0) is 4.74 Å². The van der Waals surface area contributed by atoms with Crippen molar-refractivity contribution in [2.75, 3.05) is 64.8 Å². The first-order valence-corrected chi connectivity index (χ1v) is 8.29. The number of hydrogen-bond donors (Lipinski definition) is 1. The smallest absolute Gasteiger partial charge is 0.322 e. The highest BCUT2D eigenvalue weighted by atomic mass is 19.1. The van der Waals surface area contributed by atoms with Crippen molar-refractivity contribution >= 4 is 11.7 Å². The van der Waals surface area contributed by atoms with Crippen LogP contribution >= 0.6 is 0 Å². The van der Waals surface area contributed by atoms with Gasteiger partial charge in [0.1, 0.15) is 5.82 Å². The normalized spacial score (nSPS) is 23.2.